The number of halogens is 2. The number of benzene rings is 1. The Bertz CT molecular complexity index is 468. The Hall–Kier alpha value is -1.27. The summed E-state index contributed by atoms with van der Waals surface area (Å²) in [5.41, 5.74) is 0.721. The summed E-state index contributed by atoms with van der Waals surface area (Å²) in [6.45, 7) is 1.65. The van der Waals surface area contributed by atoms with Gasteiger partial charge in [-0.15, -0.1) is 0 Å². The average molecular weight is 335 g/mol. The summed E-state index contributed by atoms with van der Waals surface area (Å²) in [6, 6.07) is 4.07. The molecule has 0 aromatic heterocycles. The van der Waals surface area contributed by atoms with E-state index in [0.717, 1.165) is 10.2 Å². The topological polar surface area (TPSA) is 70.2 Å². The van der Waals surface area contributed by atoms with E-state index in [1.807, 2.05) is 0 Å². The Morgan fingerprint density at radius 1 is 1.39 bits per heavy atom. The number of carbonyl (C=O) groups is 2. The smallest absolute Gasteiger partial charge is 0.321 e. The van der Waals surface area contributed by atoms with Crippen LogP contribution in [0.25, 0.3) is 0 Å². The highest BCUT2D eigenvalue weighted by Gasteiger charge is 2.15. The van der Waals surface area contributed by atoms with Crippen LogP contribution in [0.3, 0.4) is 0 Å². The lowest BCUT2D eigenvalue weighted by Crippen LogP contribution is -2.44. The van der Waals surface area contributed by atoms with Crippen molar-refractivity contribution in [2.75, 3.05) is 12.4 Å². The van der Waals surface area contributed by atoms with Crippen molar-refractivity contribution in [1.29, 1.82) is 0 Å². The second kappa shape index (κ2) is 6.61. The van der Waals surface area contributed by atoms with Crippen molar-refractivity contribution >= 4 is 45.2 Å². The number of amides is 3. The summed E-state index contributed by atoms with van der Waals surface area (Å²) in [7, 11) is 1.44. The highest BCUT2D eigenvalue weighted by Crippen LogP contribution is 2.26. The molecule has 1 atom stereocenters. The second-order valence-electron chi connectivity index (χ2n) is 3.56. The lowest BCUT2D eigenvalue weighted by Gasteiger charge is -2.15. The first-order chi connectivity index (χ1) is 8.43. The third-order valence-electron chi connectivity index (χ3n) is 2.16. The van der Waals surface area contributed by atoms with Gasteiger partial charge in [-0.25, -0.2) is 4.79 Å². The number of carbonyl (C=O) groups excluding carboxylic acids is 2. The Morgan fingerprint density at radius 3 is 2.61 bits per heavy atom. The van der Waals surface area contributed by atoms with Gasteiger partial charge in [-0.3, -0.25) is 10.1 Å². The van der Waals surface area contributed by atoms with Gasteiger partial charge < -0.3 is 10.6 Å². The summed E-state index contributed by atoms with van der Waals surface area (Å²) in [6.07, 6.45) is 0. The van der Waals surface area contributed by atoms with Gasteiger partial charge in [0.25, 0.3) is 0 Å². The fourth-order valence-corrected chi connectivity index (χ4v) is 1.99. The minimum Gasteiger partial charge on any atom is -0.373 e. The maximum Gasteiger partial charge on any atom is 0.321 e. The lowest BCUT2D eigenvalue weighted by atomic mass is 10.2. The maximum absolute atomic E-state index is 11.6. The molecule has 3 amide bonds. The van der Waals surface area contributed by atoms with Crippen molar-refractivity contribution in [1.82, 2.24) is 10.6 Å². The van der Waals surface area contributed by atoms with Gasteiger partial charge in [0.15, 0.2) is 0 Å². The van der Waals surface area contributed by atoms with Gasteiger partial charge in [-0.2, -0.15) is 0 Å². The molecule has 5 nitrogen and oxygen atoms in total. The monoisotopic (exact) mass is 333 g/mol. The molecule has 0 aliphatic carbocycles. The Labute approximate surface area is 118 Å². The highest BCUT2D eigenvalue weighted by atomic mass is 79.9. The molecule has 7 heteroatoms. The van der Waals surface area contributed by atoms with Gasteiger partial charge in [0.2, 0.25) is 5.91 Å². The fraction of sp³-hybridized carbons (Fsp3) is 0.273. The molecular weight excluding hydrogens is 321 g/mol. The lowest BCUT2D eigenvalue weighted by molar-refractivity contribution is -0.120. The summed E-state index contributed by atoms with van der Waals surface area (Å²) in [5, 5.41) is 8.06. The molecule has 1 aromatic rings. The molecular formula is C11H13BrClN3O2. The summed E-state index contributed by atoms with van der Waals surface area (Å²) in [5.74, 6) is -0.420. The minimum atomic E-state index is -0.556. The molecule has 0 aliphatic heterocycles. The summed E-state index contributed by atoms with van der Waals surface area (Å²) >= 11 is 9.15. The van der Waals surface area contributed by atoms with Gasteiger partial charge >= 0.3 is 6.03 Å². The molecule has 1 rings (SSSR count). The van der Waals surface area contributed by atoms with Crippen LogP contribution in [0.4, 0.5) is 10.5 Å². The number of nitrogens with one attached hydrogen (secondary N) is 3. The zero-order valence-electron chi connectivity index (χ0n) is 9.88. The van der Waals surface area contributed by atoms with Crippen molar-refractivity contribution in [3.8, 4) is 0 Å². The normalized spacial score (nSPS) is 11.6. The van der Waals surface area contributed by atoms with Gasteiger partial charge in [-0.1, -0.05) is 11.6 Å². The SMILES string of the molecule is CNC(=O)NC(=O)C(C)Nc1ccc(Cl)cc1Br. The van der Waals surface area contributed by atoms with Gasteiger partial charge in [0.05, 0.1) is 0 Å². The van der Waals surface area contributed by atoms with E-state index in [9.17, 15) is 9.59 Å². The van der Waals surface area contributed by atoms with Crippen LogP contribution in [0.5, 0.6) is 0 Å². The Morgan fingerprint density at radius 2 is 2.06 bits per heavy atom. The molecule has 0 saturated heterocycles. The Kier molecular flexibility index (Phi) is 5.43. The molecule has 1 unspecified atom stereocenters. The number of hydrogen-bond acceptors (Lipinski definition) is 3. The summed E-state index contributed by atoms with van der Waals surface area (Å²) < 4.78 is 0.745. The number of imide groups is 1. The molecule has 0 saturated carbocycles. The van der Waals surface area contributed by atoms with E-state index >= 15 is 0 Å². The highest BCUT2D eigenvalue weighted by molar-refractivity contribution is 9.10. The molecule has 0 radical (unpaired) electrons. The van der Waals surface area contributed by atoms with Crippen molar-refractivity contribution in [3.63, 3.8) is 0 Å². The van der Waals surface area contributed by atoms with Crippen LogP contribution in [0.2, 0.25) is 5.02 Å². The van der Waals surface area contributed by atoms with Gasteiger partial charge in [-0.05, 0) is 41.1 Å². The van der Waals surface area contributed by atoms with Crippen molar-refractivity contribution < 1.29 is 9.59 Å². The third-order valence-corrected chi connectivity index (χ3v) is 3.05. The van der Waals surface area contributed by atoms with E-state index in [1.165, 1.54) is 7.05 Å². The van der Waals surface area contributed by atoms with E-state index in [-0.39, 0.29) is 0 Å². The van der Waals surface area contributed by atoms with Crippen LogP contribution in [0, 0.1) is 0 Å². The standard InChI is InChI=1S/C11H13BrClN3O2/c1-6(10(17)16-11(18)14-2)15-9-4-3-7(13)5-8(9)12/h3-6,15H,1-2H3,(H2,14,16,17,18). The fourth-order valence-electron chi connectivity index (χ4n) is 1.19. The van der Waals surface area contributed by atoms with E-state index in [2.05, 4.69) is 31.9 Å². The zero-order chi connectivity index (χ0) is 13.7. The number of rotatable bonds is 3. The second-order valence-corrected chi connectivity index (χ2v) is 4.85. The van der Waals surface area contributed by atoms with E-state index < -0.39 is 18.0 Å². The molecule has 0 bridgehead atoms. The predicted octanol–water partition coefficient (Wildman–Crippen LogP) is 2.36. The molecule has 0 fully saturated rings. The van der Waals surface area contributed by atoms with Gasteiger partial charge in [0.1, 0.15) is 6.04 Å². The van der Waals surface area contributed by atoms with Crippen LogP contribution in [-0.4, -0.2) is 25.0 Å². The first kappa shape index (κ1) is 14.8. The van der Waals surface area contributed by atoms with Crippen LogP contribution in [0.1, 0.15) is 6.92 Å². The first-order valence-electron chi connectivity index (χ1n) is 5.18. The van der Waals surface area contributed by atoms with Crippen LogP contribution < -0.4 is 16.0 Å². The number of hydrogen-bond donors (Lipinski definition) is 3. The molecule has 18 heavy (non-hydrogen) atoms. The molecule has 0 aliphatic rings. The predicted molar refractivity (Wildman–Crippen MR) is 74.8 cm³/mol. The van der Waals surface area contributed by atoms with E-state index in [4.69, 9.17) is 11.6 Å². The molecule has 3 N–H and O–H groups in total. The van der Waals surface area contributed by atoms with Crippen molar-refractivity contribution in [2.45, 2.75) is 13.0 Å². The maximum atomic E-state index is 11.6. The van der Waals surface area contributed by atoms with Crippen LogP contribution >= 0.6 is 27.5 Å². The van der Waals surface area contributed by atoms with E-state index in [1.54, 1.807) is 25.1 Å². The zero-order valence-corrected chi connectivity index (χ0v) is 12.2. The summed E-state index contributed by atoms with van der Waals surface area (Å²) in [4.78, 5) is 22.6. The van der Waals surface area contributed by atoms with Crippen molar-refractivity contribution in [2.24, 2.45) is 0 Å². The molecule has 1 aromatic carbocycles. The molecule has 98 valence electrons. The van der Waals surface area contributed by atoms with Crippen LogP contribution in [0.15, 0.2) is 22.7 Å². The Balaban J connectivity index is 2.66. The van der Waals surface area contributed by atoms with Crippen LogP contribution in [-0.2, 0) is 4.79 Å². The van der Waals surface area contributed by atoms with E-state index in [0.29, 0.717) is 5.02 Å². The number of urea groups is 1. The van der Waals surface area contributed by atoms with Gasteiger partial charge in [0, 0.05) is 22.2 Å². The van der Waals surface area contributed by atoms with Crippen molar-refractivity contribution in [3.05, 3.63) is 27.7 Å². The first-order valence-corrected chi connectivity index (χ1v) is 6.35. The largest absolute Gasteiger partial charge is 0.373 e. The number of anilines is 1. The third kappa shape index (κ3) is 4.19. The molecule has 0 spiro atoms. The molecule has 0 heterocycles. The quantitative estimate of drug-likeness (QED) is 0.795. The minimum absolute atomic E-state index is 0.420. The average Bonchev–Trinajstić information content (AvgIpc) is 2.32.